The molecule has 0 aliphatic carbocycles. The zero-order chi connectivity index (χ0) is 8.77. The summed E-state index contributed by atoms with van der Waals surface area (Å²) in [6.45, 7) is 1.87. The summed E-state index contributed by atoms with van der Waals surface area (Å²) in [6.07, 6.45) is 0.347. The second-order valence-corrected chi connectivity index (χ2v) is 3.78. The predicted molar refractivity (Wildman–Crippen MR) is 42.5 cm³/mol. The van der Waals surface area contributed by atoms with E-state index in [1.54, 1.807) is 0 Å². The van der Waals surface area contributed by atoms with Crippen molar-refractivity contribution >= 4 is 5.91 Å². The molecule has 4 heteroatoms. The summed E-state index contributed by atoms with van der Waals surface area (Å²) < 4.78 is 13.9. The standard InChI is InChI=1S/C8H13FN2O/c1-11-3-2-8(9)6(5-11)4-10-7(8)12/h6H,2-5H2,1H3,(H,10,12)/t6-,8-/m0/s1. The Labute approximate surface area is 70.9 Å². The van der Waals surface area contributed by atoms with Crippen molar-refractivity contribution in [2.24, 2.45) is 5.92 Å². The van der Waals surface area contributed by atoms with Crippen LogP contribution in [0.3, 0.4) is 0 Å². The molecule has 2 saturated heterocycles. The summed E-state index contributed by atoms with van der Waals surface area (Å²) in [5, 5.41) is 2.58. The zero-order valence-corrected chi connectivity index (χ0v) is 7.14. The van der Waals surface area contributed by atoms with E-state index in [-0.39, 0.29) is 5.92 Å². The highest BCUT2D eigenvalue weighted by atomic mass is 19.1. The maximum atomic E-state index is 13.9. The molecule has 0 saturated carbocycles. The van der Waals surface area contributed by atoms with Gasteiger partial charge in [-0.3, -0.25) is 4.79 Å². The van der Waals surface area contributed by atoms with Crippen molar-refractivity contribution in [1.29, 1.82) is 0 Å². The van der Waals surface area contributed by atoms with E-state index in [4.69, 9.17) is 0 Å². The molecule has 0 spiro atoms. The van der Waals surface area contributed by atoms with E-state index in [0.29, 0.717) is 26.1 Å². The molecule has 2 rings (SSSR count). The third kappa shape index (κ3) is 0.941. The number of nitrogens with one attached hydrogen (secondary N) is 1. The molecule has 1 N–H and O–H groups in total. The van der Waals surface area contributed by atoms with Crippen LogP contribution >= 0.6 is 0 Å². The van der Waals surface area contributed by atoms with E-state index in [2.05, 4.69) is 10.2 Å². The van der Waals surface area contributed by atoms with E-state index < -0.39 is 11.6 Å². The van der Waals surface area contributed by atoms with Crippen LogP contribution in [0.5, 0.6) is 0 Å². The van der Waals surface area contributed by atoms with Gasteiger partial charge >= 0.3 is 0 Å². The molecule has 0 aromatic heterocycles. The molecule has 68 valence electrons. The Morgan fingerprint density at radius 2 is 2.50 bits per heavy atom. The fourth-order valence-corrected chi connectivity index (χ4v) is 2.06. The number of carbonyl (C=O) groups excluding carboxylic acids is 1. The van der Waals surface area contributed by atoms with Crippen LogP contribution in [0.2, 0.25) is 0 Å². The van der Waals surface area contributed by atoms with E-state index >= 15 is 0 Å². The van der Waals surface area contributed by atoms with Gasteiger partial charge in [0, 0.05) is 32.0 Å². The third-order valence-corrected chi connectivity index (χ3v) is 2.92. The SMILES string of the molecule is CN1CC[C@@]2(F)C(=O)NC[C@H]2C1. The van der Waals surface area contributed by atoms with Crippen molar-refractivity contribution in [3.63, 3.8) is 0 Å². The van der Waals surface area contributed by atoms with Crippen molar-refractivity contribution in [3.8, 4) is 0 Å². The van der Waals surface area contributed by atoms with Crippen LogP contribution in [0.4, 0.5) is 4.39 Å². The van der Waals surface area contributed by atoms with Gasteiger partial charge in [-0.2, -0.15) is 0 Å². The van der Waals surface area contributed by atoms with Crippen LogP contribution in [-0.4, -0.2) is 43.2 Å². The molecule has 0 aromatic carbocycles. The molecule has 0 unspecified atom stereocenters. The summed E-state index contributed by atoms with van der Waals surface area (Å²) in [5.41, 5.74) is -1.56. The molecule has 0 aromatic rings. The first-order valence-corrected chi connectivity index (χ1v) is 4.29. The number of alkyl halides is 1. The summed E-state index contributed by atoms with van der Waals surface area (Å²) in [6, 6.07) is 0. The number of amides is 1. The first-order valence-electron chi connectivity index (χ1n) is 4.29. The number of fused-ring (bicyclic) bond motifs is 1. The Kier molecular flexibility index (Phi) is 1.61. The molecular weight excluding hydrogens is 159 g/mol. The Balaban J connectivity index is 2.19. The topological polar surface area (TPSA) is 32.3 Å². The van der Waals surface area contributed by atoms with Gasteiger partial charge in [-0.25, -0.2) is 4.39 Å². The van der Waals surface area contributed by atoms with Crippen LogP contribution in [0.25, 0.3) is 0 Å². The lowest BCUT2D eigenvalue weighted by Crippen LogP contribution is -2.49. The number of nitrogens with zero attached hydrogens (tertiary/aromatic N) is 1. The molecular formula is C8H13FN2O. The number of piperidine rings is 1. The molecule has 2 heterocycles. The highest BCUT2D eigenvalue weighted by molar-refractivity contribution is 5.88. The maximum Gasteiger partial charge on any atom is 0.258 e. The first kappa shape index (κ1) is 7.98. The third-order valence-electron chi connectivity index (χ3n) is 2.92. The van der Waals surface area contributed by atoms with Gasteiger partial charge in [0.05, 0.1) is 0 Å². The Hall–Kier alpha value is -0.640. The lowest BCUT2D eigenvalue weighted by molar-refractivity contribution is -0.133. The van der Waals surface area contributed by atoms with Crippen molar-refractivity contribution in [2.75, 3.05) is 26.7 Å². The smallest absolute Gasteiger partial charge is 0.258 e. The quantitative estimate of drug-likeness (QED) is 0.547. The highest BCUT2D eigenvalue weighted by Crippen LogP contribution is 2.34. The molecule has 2 fully saturated rings. The van der Waals surface area contributed by atoms with Crippen LogP contribution in [0.1, 0.15) is 6.42 Å². The van der Waals surface area contributed by atoms with Gasteiger partial charge in [-0.1, -0.05) is 0 Å². The molecule has 2 aliphatic heterocycles. The Morgan fingerprint density at radius 3 is 3.25 bits per heavy atom. The van der Waals surface area contributed by atoms with E-state index in [0.717, 1.165) is 0 Å². The summed E-state index contributed by atoms with van der Waals surface area (Å²) >= 11 is 0. The number of hydrogen-bond donors (Lipinski definition) is 1. The fourth-order valence-electron chi connectivity index (χ4n) is 2.06. The summed E-state index contributed by atoms with van der Waals surface area (Å²) in [7, 11) is 1.96. The number of hydrogen-bond acceptors (Lipinski definition) is 2. The Morgan fingerprint density at radius 1 is 1.75 bits per heavy atom. The minimum Gasteiger partial charge on any atom is -0.353 e. The molecule has 12 heavy (non-hydrogen) atoms. The van der Waals surface area contributed by atoms with Crippen molar-refractivity contribution in [3.05, 3.63) is 0 Å². The van der Waals surface area contributed by atoms with E-state index in [1.165, 1.54) is 0 Å². The average molecular weight is 172 g/mol. The van der Waals surface area contributed by atoms with Crippen LogP contribution in [-0.2, 0) is 4.79 Å². The van der Waals surface area contributed by atoms with Gasteiger partial charge in [-0.15, -0.1) is 0 Å². The minimum atomic E-state index is -1.56. The van der Waals surface area contributed by atoms with E-state index in [9.17, 15) is 9.18 Å². The molecule has 2 aliphatic rings. The fraction of sp³-hybridized carbons (Fsp3) is 0.875. The van der Waals surface area contributed by atoms with Gasteiger partial charge in [0.2, 0.25) is 0 Å². The van der Waals surface area contributed by atoms with E-state index in [1.807, 2.05) is 7.05 Å². The molecule has 3 nitrogen and oxygen atoms in total. The molecule has 0 bridgehead atoms. The lowest BCUT2D eigenvalue weighted by Gasteiger charge is -2.34. The zero-order valence-electron chi connectivity index (χ0n) is 7.14. The van der Waals surface area contributed by atoms with Gasteiger partial charge in [-0.05, 0) is 7.05 Å². The van der Waals surface area contributed by atoms with Crippen LogP contribution in [0.15, 0.2) is 0 Å². The normalized spacial score (nSPS) is 42.5. The monoisotopic (exact) mass is 172 g/mol. The molecule has 0 radical (unpaired) electrons. The van der Waals surface area contributed by atoms with Crippen molar-refractivity contribution in [1.82, 2.24) is 10.2 Å². The van der Waals surface area contributed by atoms with Crippen molar-refractivity contribution < 1.29 is 9.18 Å². The number of likely N-dealkylation sites (tertiary alicyclic amines) is 1. The first-order chi connectivity index (χ1) is 5.63. The lowest BCUT2D eigenvalue weighted by atomic mass is 9.85. The van der Waals surface area contributed by atoms with Gasteiger partial charge in [0.15, 0.2) is 5.67 Å². The maximum absolute atomic E-state index is 13.9. The minimum absolute atomic E-state index is 0.135. The van der Waals surface area contributed by atoms with Crippen LogP contribution < -0.4 is 5.32 Å². The van der Waals surface area contributed by atoms with Gasteiger partial charge < -0.3 is 10.2 Å². The second kappa shape index (κ2) is 2.42. The second-order valence-electron chi connectivity index (χ2n) is 3.78. The largest absolute Gasteiger partial charge is 0.353 e. The predicted octanol–water partition coefficient (Wildman–Crippen LogP) is -0.224. The average Bonchev–Trinajstić information content (AvgIpc) is 2.31. The number of rotatable bonds is 0. The van der Waals surface area contributed by atoms with Crippen LogP contribution in [0, 0.1) is 5.92 Å². The van der Waals surface area contributed by atoms with Gasteiger partial charge in [0.1, 0.15) is 0 Å². The molecule has 2 atom stereocenters. The summed E-state index contributed by atoms with van der Waals surface area (Å²) in [4.78, 5) is 13.2. The van der Waals surface area contributed by atoms with Crippen molar-refractivity contribution in [2.45, 2.75) is 12.1 Å². The highest BCUT2D eigenvalue weighted by Gasteiger charge is 2.53. The number of carbonyl (C=O) groups is 1. The summed E-state index contributed by atoms with van der Waals surface area (Å²) in [5.74, 6) is -0.538. The number of halogens is 1. The Bertz CT molecular complexity index is 221. The molecule has 1 amide bonds. The van der Waals surface area contributed by atoms with Gasteiger partial charge in [0.25, 0.3) is 5.91 Å².